The summed E-state index contributed by atoms with van der Waals surface area (Å²) in [5.41, 5.74) is 2.41. The van der Waals surface area contributed by atoms with E-state index in [9.17, 15) is 0 Å². The van der Waals surface area contributed by atoms with Gasteiger partial charge < -0.3 is 4.90 Å². The van der Waals surface area contributed by atoms with E-state index in [4.69, 9.17) is 16.6 Å². The highest BCUT2D eigenvalue weighted by atomic mass is 35.5. The summed E-state index contributed by atoms with van der Waals surface area (Å²) in [6, 6.07) is 6.83. The van der Waals surface area contributed by atoms with Crippen LogP contribution in [0.15, 0.2) is 23.2 Å². The van der Waals surface area contributed by atoms with Crippen LogP contribution in [0.3, 0.4) is 0 Å². The molecule has 1 aliphatic carbocycles. The Kier molecular flexibility index (Phi) is 1.70. The number of halogens is 1. The van der Waals surface area contributed by atoms with Crippen LogP contribution in [0.5, 0.6) is 0 Å². The van der Waals surface area contributed by atoms with Gasteiger partial charge in [0, 0.05) is 23.5 Å². The Bertz CT molecular complexity index is 495. The molecule has 3 aliphatic rings. The average Bonchev–Trinajstić information content (AvgIpc) is 2.87. The Morgan fingerprint density at radius 1 is 1.31 bits per heavy atom. The Hall–Kier alpha value is -1.02. The van der Waals surface area contributed by atoms with E-state index in [1.54, 1.807) is 0 Å². The van der Waals surface area contributed by atoms with Crippen molar-refractivity contribution in [2.75, 3.05) is 0 Å². The largest absolute Gasteiger partial charge is 0.352 e. The molecule has 2 bridgehead atoms. The van der Waals surface area contributed by atoms with Crippen LogP contribution in [0.1, 0.15) is 24.8 Å². The normalized spacial score (nSPS) is 30.1. The zero-order valence-corrected chi connectivity index (χ0v) is 9.74. The smallest absolute Gasteiger partial charge is 0.109 e. The molecule has 0 amide bonds. The monoisotopic (exact) mass is 232 g/mol. The number of hydrogen-bond donors (Lipinski definition) is 0. The molecule has 4 rings (SSSR count). The van der Waals surface area contributed by atoms with E-state index in [1.807, 2.05) is 12.1 Å². The first-order valence-corrected chi connectivity index (χ1v) is 6.33. The molecule has 2 fully saturated rings. The molecule has 2 atom stereocenters. The lowest BCUT2D eigenvalue weighted by molar-refractivity contribution is 0.317. The fraction of sp³-hybridized carbons (Fsp3) is 0.462. The lowest BCUT2D eigenvalue weighted by atomic mass is 10.0. The summed E-state index contributed by atoms with van der Waals surface area (Å²) < 4.78 is 0. The molecule has 2 aliphatic heterocycles. The van der Waals surface area contributed by atoms with Gasteiger partial charge in [-0.1, -0.05) is 17.7 Å². The maximum absolute atomic E-state index is 6.02. The van der Waals surface area contributed by atoms with Crippen molar-refractivity contribution < 1.29 is 0 Å². The van der Waals surface area contributed by atoms with E-state index in [-0.39, 0.29) is 0 Å². The molecule has 0 aromatic heterocycles. The third-order valence-electron chi connectivity index (χ3n) is 4.13. The fourth-order valence-electron chi connectivity index (χ4n) is 3.34. The van der Waals surface area contributed by atoms with Gasteiger partial charge in [-0.05, 0) is 37.0 Å². The number of amidine groups is 1. The van der Waals surface area contributed by atoms with Gasteiger partial charge in [0.1, 0.15) is 5.84 Å². The number of hydrogen-bond acceptors (Lipinski definition) is 2. The van der Waals surface area contributed by atoms with Crippen molar-refractivity contribution in [1.82, 2.24) is 4.90 Å². The van der Waals surface area contributed by atoms with Crippen molar-refractivity contribution in [1.29, 1.82) is 0 Å². The lowest BCUT2D eigenvalue weighted by Gasteiger charge is -2.33. The average molecular weight is 233 g/mol. The van der Waals surface area contributed by atoms with Crippen LogP contribution in [0.4, 0.5) is 5.69 Å². The predicted molar refractivity (Wildman–Crippen MR) is 65.2 cm³/mol. The SMILES string of the molecule is Clc1ccc2c(c1)N=C1C3CCC(C3)N1C2. The Labute approximate surface area is 99.9 Å². The minimum absolute atomic E-state index is 0.720. The maximum Gasteiger partial charge on any atom is 0.109 e. The molecule has 1 aromatic carbocycles. The zero-order chi connectivity index (χ0) is 10.7. The highest BCUT2D eigenvalue weighted by Gasteiger charge is 2.44. The molecule has 82 valence electrons. The van der Waals surface area contributed by atoms with Crippen molar-refractivity contribution in [2.24, 2.45) is 10.9 Å². The van der Waals surface area contributed by atoms with Gasteiger partial charge >= 0.3 is 0 Å². The molecule has 2 heterocycles. The van der Waals surface area contributed by atoms with Gasteiger partial charge in [-0.15, -0.1) is 0 Å². The van der Waals surface area contributed by atoms with Crippen molar-refractivity contribution >= 4 is 23.1 Å². The molecule has 1 saturated carbocycles. The number of fused-ring (bicyclic) bond motifs is 6. The Balaban J connectivity index is 1.84. The third-order valence-corrected chi connectivity index (χ3v) is 4.36. The minimum atomic E-state index is 0.720. The van der Waals surface area contributed by atoms with Gasteiger partial charge in [-0.25, -0.2) is 4.99 Å². The molecule has 2 unspecified atom stereocenters. The number of piperidine rings is 1. The van der Waals surface area contributed by atoms with Gasteiger partial charge in [-0.2, -0.15) is 0 Å². The maximum atomic E-state index is 6.02. The lowest BCUT2D eigenvalue weighted by Crippen LogP contribution is -2.38. The predicted octanol–water partition coefficient (Wildman–Crippen LogP) is 3.37. The minimum Gasteiger partial charge on any atom is -0.352 e. The molecule has 0 radical (unpaired) electrons. The van der Waals surface area contributed by atoms with E-state index in [2.05, 4.69) is 11.0 Å². The Morgan fingerprint density at radius 3 is 3.19 bits per heavy atom. The van der Waals surface area contributed by atoms with Crippen LogP contribution in [0.2, 0.25) is 5.02 Å². The first-order chi connectivity index (χ1) is 7.81. The first-order valence-electron chi connectivity index (χ1n) is 5.95. The topological polar surface area (TPSA) is 15.6 Å². The summed E-state index contributed by atoms with van der Waals surface area (Å²) in [6.45, 7) is 1.03. The van der Waals surface area contributed by atoms with Gasteiger partial charge in [-0.3, -0.25) is 0 Å². The second-order valence-electron chi connectivity index (χ2n) is 5.03. The van der Waals surface area contributed by atoms with Crippen LogP contribution < -0.4 is 0 Å². The summed E-state index contributed by atoms with van der Waals surface area (Å²) in [5.74, 6) is 2.04. The molecular formula is C13H13ClN2. The molecule has 1 saturated heterocycles. The third kappa shape index (κ3) is 1.11. The Morgan fingerprint density at radius 2 is 2.25 bits per heavy atom. The van der Waals surface area contributed by atoms with E-state index in [0.29, 0.717) is 0 Å². The molecule has 16 heavy (non-hydrogen) atoms. The number of rotatable bonds is 0. The van der Waals surface area contributed by atoms with E-state index in [0.717, 1.165) is 29.2 Å². The van der Waals surface area contributed by atoms with E-state index in [1.165, 1.54) is 30.7 Å². The van der Waals surface area contributed by atoms with Crippen LogP contribution in [-0.4, -0.2) is 16.8 Å². The zero-order valence-electron chi connectivity index (χ0n) is 8.99. The highest BCUT2D eigenvalue weighted by Crippen LogP contribution is 2.44. The van der Waals surface area contributed by atoms with E-state index >= 15 is 0 Å². The quantitative estimate of drug-likeness (QED) is 0.670. The molecule has 1 aromatic rings. The number of nitrogens with zero attached hydrogens (tertiary/aromatic N) is 2. The van der Waals surface area contributed by atoms with Gasteiger partial charge in [0.25, 0.3) is 0 Å². The second-order valence-corrected chi connectivity index (χ2v) is 5.47. The van der Waals surface area contributed by atoms with Crippen molar-refractivity contribution in [3.8, 4) is 0 Å². The van der Waals surface area contributed by atoms with Crippen LogP contribution >= 0.6 is 11.6 Å². The van der Waals surface area contributed by atoms with Gasteiger partial charge in [0.05, 0.1) is 5.69 Å². The van der Waals surface area contributed by atoms with Crippen LogP contribution in [0, 0.1) is 5.92 Å². The van der Waals surface area contributed by atoms with Crippen molar-refractivity contribution in [3.63, 3.8) is 0 Å². The van der Waals surface area contributed by atoms with Crippen molar-refractivity contribution in [3.05, 3.63) is 28.8 Å². The summed E-state index contributed by atoms with van der Waals surface area (Å²) >= 11 is 6.02. The fourth-order valence-corrected chi connectivity index (χ4v) is 3.51. The summed E-state index contributed by atoms with van der Waals surface area (Å²) in [6.07, 6.45) is 4.00. The summed E-state index contributed by atoms with van der Waals surface area (Å²) in [4.78, 5) is 7.31. The number of benzene rings is 1. The molecule has 0 N–H and O–H groups in total. The standard InChI is InChI=1S/C13H13ClN2/c14-10-3-1-9-7-16-11-4-2-8(5-11)13(16)15-12(9)6-10/h1,3,6,8,11H,2,4-5,7H2. The highest BCUT2D eigenvalue weighted by molar-refractivity contribution is 6.30. The second kappa shape index (κ2) is 3.01. The van der Waals surface area contributed by atoms with E-state index < -0.39 is 0 Å². The molecular weight excluding hydrogens is 220 g/mol. The molecule has 0 spiro atoms. The first kappa shape index (κ1) is 9.06. The number of aliphatic imine (C=N–C) groups is 1. The van der Waals surface area contributed by atoms with Crippen molar-refractivity contribution in [2.45, 2.75) is 31.8 Å². The van der Waals surface area contributed by atoms with Gasteiger partial charge in [0.15, 0.2) is 0 Å². The molecule has 2 nitrogen and oxygen atoms in total. The summed E-state index contributed by atoms with van der Waals surface area (Å²) in [5, 5.41) is 0.791. The molecule has 3 heteroatoms. The van der Waals surface area contributed by atoms with Crippen LogP contribution in [0.25, 0.3) is 0 Å². The van der Waals surface area contributed by atoms with Crippen LogP contribution in [-0.2, 0) is 6.54 Å². The van der Waals surface area contributed by atoms with Gasteiger partial charge in [0.2, 0.25) is 0 Å². The summed E-state index contributed by atoms with van der Waals surface area (Å²) in [7, 11) is 0.